The molecule has 8 heteroatoms. The highest BCUT2D eigenvalue weighted by atomic mass is 16.6. The number of methoxy groups -OCH3 is 1. The van der Waals surface area contributed by atoms with Crippen LogP contribution in [0.1, 0.15) is 40.5 Å². The largest absolute Gasteiger partial charge is 0.467 e. The molecule has 1 saturated carbocycles. The molecule has 0 spiro atoms. The summed E-state index contributed by atoms with van der Waals surface area (Å²) in [5.74, 6) is -1.33. The van der Waals surface area contributed by atoms with E-state index in [0.29, 0.717) is 0 Å². The molecule has 2 amide bonds. The summed E-state index contributed by atoms with van der Waals surface area (Å²) in [7, 11) is 1.17. The average molecular weight is 330 g/mol. The first-order valence-corrected chi connectivity index (χ1v) is 7.52. The van der Waals surface area contributed by atoms with Crippen LogP contribution in [0.25, 0.3) is 0 Å². The van der Waals surface area contributed by atoms with Crippen LogP contribution in [0.3, 0.4) is 0 Å². The Balaban J connectivity index is 2.72. The Labute approximate surface area is 136 Å². The van der Waals surface area contributed by atoms with Crippen molar-refractivity contribution >= 4 is 18.0 Å². The summed E-state index contributed by atoms with van der Waals surface area (Å²) < 4.78 is 9.86. The second-order valence-corrected chi connectivity index (χ2v) is 6.87. The van der Waals surface area contributed by atoms with Crippen molar-refractivity contribution < 1.29 is 29.0 Å². The summed E-state index contributed by atoms with van der Waals surface area (Å²) >= 11 is 0. The maximum atomic E-state index is 12.2. The number of aliphatic hydroxyl groups excluding tert-OH is 1. The molecule has 2 N–H and O–H groups in total. The second kappa shape index (κ2) is 7.16. The van der Waals surface area contributed by atoms with Crippen molar-refractivity contribution in [3.8, 4) is 0 Å². The fraction of sp³-hybridized carbons (Fsp3) is 0.800. The Bertz CT molecular complexity index is 469. The molecule has 0 heterocycles. The van der Waals surface area contributed by atoms with Gasteiger partial charge in [0.25, 0.3) is 0 Å². The lowest BCUT2D eigenvalue weighted by Crippen LogP contribution is -2.58. The molecule has 8 nitrogen and oxygen atoms in total. The molecular weight excluding hydrogens is 304 g/mol. The van der Waals surface area contributed by atoms with Gasteiger partial charge in [0.2, 0.25) is 5.91 Å². The number of nitrogens with zero attached hydrogens (tertiary/aromatic N) is 1. The molecular formula is C15H26N2O6. The minimum atomic E-state index is -1.55. The Kier molecular flexibility index (Phi) is 5.98. The van der Waals surface area contributed by atoms with E-state index in [1.165, 1.54) is 18.9 Å². The topological polar surface area (TPSA) is 105 Å². The molecule has 1 rings (SSSR count). The summed E-state index contributed by atoms with van der Waals surface area (Å²) in [5.41, 5.74) is -2.21. The molecule has 1 aliphatic carbocycles. The third-order valence-electron chi connectivity index (χ3n) is 3.30. The van der Waals surface area contributed by atoms with Crippen molar-refractivity contribution in [1.82, 2.24) is 10.2 Å². The quantitative estimate of drug-likeness (QED) is 0.684. The van der Waals surface area contributed by atoms with Crippen LogP contribution in [0, 0.1) is 0 Å². The molecule has 1 aliphatic rings. The number of hydrogen-bond acceptors (Lipinski definition) is 6. The van der Waals surface area contributed by atoms with Gasteiger partial charge in [-0.1, -0.05) is 0 Å². The lowest BCUT2D eigenvalue weighted by molar-refractivity contribution is -0.152. The molecule has 23 heavy (non-hydrogen) atoms. The van der Waals surface area contributed by atoms with E-state index >= 15 is 0 Å². The van der Waals surface area contributed by atoms with Crippen LogP contribution in [0.5, 0.6) is 0 Å². The van der Waals surface area contributed by atoms with Crippen molar-refractivity contribution in [2.24, 2.45) is 0 Å². The zero-order chi connectivity index (χ0) is 17.8. The van der Waals surface area contributed by atoms with E-state index in [9.17, 15) is 19.5 Å². The first kappa shape index (κ1) is 19.2. The SMILES string of the molecule is COC(=O)C(C)(CO)NC(=O)CN(C(=O)OC(C)(C)C)C1CC1. The van der Waals surface area contributed by atoms with Crippen molar-refractivity contribution in [3.05, 3.63) is 0 Å². The maximum Gasteiger partial charge on any atom is 0.411 e. The highest BCUT2D eigenvalue weighted by molar-refractivity contribution is 5.90. The average Bonchev–Trinajstić information content (AvgIpc) is 3.26. The van der Waals surface area contributed by atoms with Crippen molar-refractivity contribution in [2.45, 2.75) is 57.7 Å². The molecule has 0 saturated heterocycles. The molecule has 0 bridgehead atoms. The lowest BCUT2D eigenvalue weighted by atomic mass is 10.0. The Morgan fingerprint density at radius 2 is 1.78 bits per heavy atom. The number of carbonyl (C=O) groups excluding carboxylic acids is 3. The standard InChI is InChI=1S/C15H26N2O6/c1-14(2,3)23-13(21)17(10-6-7-10)8-11(19)16-15(4,9-18)12(20)22-5/h10,18H,6-9H2,1-5H3,(H,16,19). The van der Waals surface area contributed by atoms with E-state index < -0.39 is 35.7 Å². The number of amides is 2. The maximum absolute atomic E-state index is 12.2. The van der Waals surface area contributed by atoms with Gasteiger partial charge in [-0.25, -0.2) is 9.59 Å². The van der Waals surface area contributed by atoms with E-state index in [0.717, 1.165) is 12.8 Å². The van der Waals surface area contributed by atoms with Crippen LogP contribution in [-0.4, -0.2) is 65.4 Å². The van der Waals surface area contributed by atoms with E-state index in [2.05, 4.69) is 10.1 Å². The van der Waals surface area contributed by atoms with Crippen LogP contribution < -0.4 is 5.32 Å². The van der Waals surface area contributed by atoms with E-state index in [1.807, 2.05) is 0 Å². The Hall–Kier alpha value is -1.83. The normalized spacial score (nSPS) is 17.0. The number of esters is 1. The highest BCUT2D eigenvalue weighted by Crippen LogP contribution is 2.28. The summed E-state index contributed by atoms with van der Waals surface area (Å²) in [5, 5.41) is 11.7. The van der Waals surface area contributed by atoms with Gasteiger partial charge < -0.3 is 19.9 Å². The zero-order valence-corrected chi connectivity index (χ0v) is 14.3. The predicted octanol–water partition coefficient (Wildman–Crippen LogP) is 0.426. The minimum absolute atomic E-state index is 0.0332. The Morgan fingerprint density at radius 1 is 1.22 bits per heavy atom. The zero-order valence-electron chi connectivity index (χ0n) is 14.3. The van der Waals surface area contributed by atoms with Gasteiger partial charge in [-0.15, -0.1) is 0 Å². The summed E-state index contributed by atoms with van der Waals surface area (Å²) in [4.78, 5) is 37.3. The van der Waals surface area contributed by atoms with Crippen LogP contribution in [0.2, 0.25) is 0 Å². The molecule has 1 fully saturated rings. The Morgan fingerprint density at radius 3 is 2.17 bits per heavy atom. The van der Waals surface area contributed by atoms with Crippen LogP contribution in [-0.2, 0) is 19.1 Å². The summed E-state index contributed by atoms with van der Waals surface area (Å²) in [6.45, 7) is 5.74. The van der Waals surface area contributed by atoms with Gasteiger partial charge in [0.05, 0.1) is 13.7 Å². The summed E-state index contributed by atoms with van der Waals surface area (Å²) in [6, 6.07) is -0.0332. The molecule has 0 radical (unpaired) electrons. The third-order valence-corrected chi connectivity index (χ3v) is 3.30. The van der Waals surface area contributed by atoms with Gasteiger partial charge in [0, 0.05) is 6.04 Å². The van der Waals surface area contributed by atoms with Gasteiger partial charge in [-0.3, -0.25) is 9.69 Å². The number of nitrogens with one attached hydrogen (secondary N) is 1. The third kappa shape index (κ3) is 5.70. The molecule has 1 unspecified atom stereocenters. The fourth-order valence-corrected chi connectivity index (χ4v) is 1.93. The first-order valence-electron chi connectivity index (χ1n) is 7.52. The smallest absolute Gasteiger partial charge is 0.411 e. The number of ether oxygens (including phenoxy) is 2. The molecule has 1 atom stereocenters. The minimum Gasteiger partial charge on any atom is -0.467 e. The van der Waals surface area contributed by atoms with E-state index in [4.69, 9.17) is 4.74 Å². The highest BCUT2D eigenvalue weighted by Gasteiger charge is 2.39. The van der Waals surface area contributed by atoms with Crippen molar-refractivity contribution in [2.75, 3.05) is 20.3 Å². The number of hydrogen-bond donors (Lipinski definition) is 2. The molecule has 132 valence electrons. The number of aliphatic hydroxyl groups is 1. The van der Waals surface area contributed by atoms with Gasteiger partial charge in [-0.05, 0) is 40.5 Å². The first-order chi connectivity index (χ1) is 10.5. The van der Waals surface area contributed by atoms with Gasteiger partial charge in [0.1, 0.15) is 12.1 Å². The second-order valence-electron chi connectivity index (χ2n) is 6.87. The van der Waals surface area contributed by atoms with Gasteiger partial charge in [-0.2, -0.15) is 0 Å². The van der Waals surface area contributed by atoms with Crippen molar-refractivity contribution in [3.63, 3.8) is 0 Å². The van der Waals surface area contributed by atoms with Gasteiger partial charge >= 0.3 is 12.1 Å². The lowest BCUT2D eigenvalue weighted by Gasteiger charge is -2.29. The summed E-state index contributed by atoms with van der Waals surface area (Å²) in [6.07, 6.45) is 1.04. The van der Waals surface area contributed by atoms with E-state index in [-0.39, 0.29) is 12.6 Å². The molecule has 0 aromatic rings. The van der Waals surface area contributed by atoms with Crippen molar-refractivity contribution in [1.29, 1.82) is 0 Å². The monoisotopic (exact) mass is 330 g/mol. The predicted molar refractivity (Wildman–Crippen MR) is 81.6 cm³/mol. The number of carbonyl (C=O) groups is 3. The van der Waals surface area contributed by atoms with Crippen LogP contribution in [0.15, 0.2) is 0 Å². The van der Waals surface area contributed by atoms with E-state index in [1.54, 1.807) is 20.8 Å². The fourth-order valence-electron chi connectivity index (χ4n) is 1.93. The van der Waals surface area contributed by atoms with Crippen LogP contribution in [0.4, 0.5) is 4.79 Å². The molecule has 0 aromatic carbocycles. The molecule has 0 aromatic heterocycles. The van der Waals surface area contributed by atoms with Gasteiger partial charge in [0.15, 0.2) is 5.54 Å². The number of rotatable bonds is 6. The molecule has 0 aliphatic heterocycles. The van der Waals surface area contributed by atoms with Crippen LogP contribution >= 0.6 is 0 Å².